The summed E-state index contributed by atoms with van der Waals surface area (Å²) in [7, 11) is -3.76. The predicted octanol–water partition coefficient (Wildman–Crippen LogP) is 2.10. The Kier molecular flexibility index (Phi) is 4.97. The quantitative estimate of drug-likeness (QED) is 0.796. The topological polar surface area (TPSA) is 101 Å². The van der Waals surface area contributed by atoms with Gasteiger partial charge in [0.2, 0.25) is 10.0 Å². The number of hydrogen-bond acceptors (Lipinski definition) is 3. The van der Waals surface area contributed by atoms with Gasteiger partial charge in [-0.05, 0) is 48.4 Å². The molecule has 6 nitrogen and oxygen atoms in total. The van der Waals surface area contributed by atoms with E-state index in [4.69, 9.17) is 5.14 Å². The Bertz CT molecular complexity index is 820. The highest BCUT2D eigenvalue weighted by Crippen LogP contribution is 2.13. The summed E-state index contributed by atoms with van der Waals surface area (Å²) in [5.74, 6) is -0.298. The number of carbonyl (C=O) groups excluding carboxylic acids is 1. The molecule has 122 valence electrons. The van der Waals surface area contributed by atoms with Crippen LogP contribution in [0.15, 0.2) is 47.4 Å². The molecule has 0 saturated heterocycles. The lowest BCUT2D eigenvalue weighted by molar-refractivity contribution is 0.251. The molecule has 0 radical (unpaired) electrons. The van der Waals surface area contributed by atoms with Gasteiger partial charge in [-0.1, -0.05) is 12.1 Å². The van der Waals surface area contributed by atoms with Gasteiger partial charge in [0.25, 0.3) is 0 Å². The molecule has 4 N–H and O–H groups in total. The third-order valence-electron chi connectivity index (χ3n) is 3.12. The number of aryl methyl sites for hydroxylation is 1. The molecule has 2 rings (SSSR count). The maximum atomic E-state index is 13.2. The first-order chi connectivity index (χ1) is 10.8. The van der Waals surface area contributed by atoms with Crippen LogP contribution in [-0.4, -0.2) is 14.4 Å². The molecule has 0 saturated carbocycles. The number of halogens is 1. The summed E-state index contributed by atoms with van der Waals surface area (Å²) in [4.78, 5) is 11.7. The SMILES string of the molecule is Cc1cc(CNC(=O)Nc2ccc(S(N)(=O)=O)cc2)ccc1F. The number of hydrogen-bond donors (Lipinski definition) is 3. The molecule has 0 bridgehead atoms. The Labute approximate surface area is 133 Å². The smallest absolute Gasteiger partial charge is 0.319 e. The molecule has 2 amide bonds. The zero-order valence-corrected chi connectivity index (χ0v) is 13.2. The molecule has 0 aromatic heterocycles. The molecule has 8 heteroatoms. The van der Waals surface area contributed by atoms with E-state index in [1.54, 1.807) is 19.1 Å². The Morgan fingerprint density at radius 3 is 2.39 bits per heavy atom. The van der Waals surface area contributed by atoms with Crippen molar-refractivity contribution in [1.29, 1.82) is 0 Å². The third-order valence-corrected chi connectivity index (χ3v) is 4.05. The van der Waals surface area contributed by atoms with Gasteiger partial charge < -0.3 is 10.6 Å². The van der Waals surface area contributed by atoms with Crippen molar-refractivity contribution in [1.82, 2.24) is 5.32 Å². The van der Waals surface area contributed by atoms with Crippen molar-refractivity contribution >= 4 is 21.7 Å². The lowest BCUT2D eigenvalue weighted by Gasteiger charge is -2.09. The van der Waals surface area contributed by atoms with Crippen LogP contribution in [0.2, 0.25) is 0 Å². The van der Waals surface area contributed by atoms with Crippen LogP contribution >= 0.6 is 0 Å². The number of urea groups is 1. The van der Waals surface area contributed by atoms with E-state index in [2.05, 4.69) is 10.6 Å². The first-order valence-corrected chi connectivity index (χ1v) is 8.23. The van der Waals surface area contributed by atoms with Crippen LogP contribution in [0.25, 0.3) is 0 Å². The molecule has 0 spiro atoms. The highest BCUT2D eigenvalue weighted by Gasteiger charge is 2.08. The van der Waals surface area contributed by atoms with Crippen LogP contribution in [-0.2, 0) is 16.6 Å². The van der Waals surface area contributed by atoms with Crippen molar-refractivity contribution in [2.75, 3.05) is 5.32 Å². The van der Waals surface area contributed by atoms with Gasteiger partial charge in [-0.15, -0.1) is 0 Å². The van der Waals surface area contributed by atoms with Crippen molar-refractivity contribution in [3.05, 3.63) is 59.4 Å². The normalized spacial score (nSPS) is 11.1. The number of amides is 2. The van der Waals surface area contributed by atoms with E-state index in [9.17, 15) is 17.6 Å². The van der Waals surface area contributed by atoms with Crippen molar-refractivity contribution < 1.29 is 17.6 Å². The van der Waals surface area contributed by atoms with Crippen LogP contribution in [0.4, 0.5) is 14.9 Å². The minimum atomic E-state index is -3.76. The summed E-state index contributed by atoms with van der Waals surface area (Å²) in [5, 5.41) is 10.2. The Balaban J connectivity index is 1.93. The van der Waals surface area contributed by atoms with Gasteiger partial charge in [-0.3, -0.25) is 0 Å². The second-order valence-corrected chi connectivity index (χ2v) is 6.52. The monoisotopic (exact) mass is 337 g/mol. The highest BCUT2D eigenvalue weighted by atomic mass is 32.2. The number of primary sulfonamides is 1. The second kappa shape index (κ2) is 6.76. The van der Waals surface area contributed by atoms with E-state index in [0.29, 0.717) is 11.3 Å². The maximum Gasteiger partial charge on any atom is 0.319 e. The van der Waals surface area contributed by atoms with E-state index >= 15 is 0 Å². The molecule has 0 heterocycles. The lowest BCUT2D eigenvalue weighted by atomic mass is 10.1. The van der Waals surface area contributed by atoms with Crippen LogP contribution < -0.4 is 15.8 Å². The van der Waals surface area contributed by atoms with Crippen LogP contribution in [0.1, 0.15) is 11.1 Å². The molecule has 0 fully saturated rings. The van der Waals surface area contributed by atoms with Crippen LogP contribution in [0.5, 0.6) is 0 Å². The minimum Gasteiger partial charge on any atom is -0.334 e. The fourth-order valence-electron chi connectivity index (χ4n) is 1.90. The number of rotatable bonds is 4. The molecule has 0 aliphatic rings. The summed E-state index contributed by atoms with van der Waals surface area (Å²) in [5.41, 5.74) is 1.69. The molecular weight excluding hydrogens is 321 g/mol. The number of nitrogens with two attached hydrogens (primary N) is 1. The average Bonchev–Trinajstić information content (AvgIpc) is 2.48. The maximum absolute atomic E-state index is 13.2. The predicted molar refractivity (Wildman–Crippen MR) is 84.8 cm³/mol. The molecular formula is C15H16FN3O3S. The molecule has 2 aromatic carbocycles. The molecule has 0 unspecified atom stereocenters. The van der Waals surface area contributed by atoms with Crippen molar-refractivity contribution in [3.8, 4) is 0 Å². The van der Waals surface area contributed by atoms with Gasteiger partial charge in [0, 0.05) is 12.2 Å². The summed E-state index contributed by atoms with van der Waals surface area (Å²) < 4.78 is 35.4. The fraction of sp³-hybridized carbons (Fsp3) is 0.133. The first-order valence-electron chi connectivity index (χ1n) is 6.68. The zero-order chi connectivity index (χ0) is 17.0. The number of benzene rings is 2. The van der Waals surface area contributed by atoms with E-state index in [0.717, 1.165) is 5.56 Å². The number of anilines is 1. The summed E-state index contributed by atoms with van der Waals surface area (Å²) in [6, 6.07) is 9.58. The third kappa shape index (κ3) is 4.76. The molecule has 23 heavy (non-hydrogen) atoms. The van der Waals surface area contributed by atoms with E-state index in [1.165, 1.54) is 30.3 Å². The lowest BCUT2D eigenvalue weighted by Crippen LogP contribution is -2.28. The highest BCUT2D eigenvalue weighted by molar-refractivity contribution is 7.89. The van der Waals surface area contributed by atoms with Crippen LogP contribution in [0, 0.1) is 12.7 Å². The number of sulfonamides is 1. The number of nitrogens with one attached hydrogen (secondary N) is 2. The summed E-state index contributed by atoms with van der Waals surface area (Å²) in [6.45, 7) is 1.88. The standard InChI is InChI=1S/C15H16FN3O3S/c1-10-8-11(2-7-14(10)16)9-18-15(20)19-12-3-5-13(6-4-12)23(17,21)22/h2-8H,9H2,1H3,(H2,17,21,22)(H2,18,19,20). The van der Waals surface area contributed by atoms with Crippen molar-refractivity contribution in [3.63, 3.8) is 0 Å². The van der Waals surface area contributed by atoms with Gasteiger partial charge in [-0.2, -0.15) is 0 Å². The molecule has 0 atom stereocenters. The summed E-state index contributed by atoms with van der Waals surface area (Å²) >= 11 is 0. The number of carbonyl (C=O) groups is 1. The van der Waals surface area contributed by atoms with Gasteiger partial charge in [0.05, 0.1) is 4.90 Å². The molecule has 0 aliphatic heterocycles. The van der Waals surface area contributed by atoms with Gasteiger partial charge in [0.15, 0.2) is 0 Å². The average molecular weight is 337 g/mol. The molecule has 0 aliphatic carbocycles. The fourth-order valence-corrected chi connectivity index (χ4v) is 2.42. The van der Waals surface area contributed by atoms with Crippen molar-refractivity contribution in [2.24, 2.45) is 5.14 Å². The zero-order valence-electron chi connectivity index (χ0n) is 12.3. The van der Waals surface area contributed by atoms with Gasteiger partial charge in [-0.25, -0.2) is 22.7 Å². The van der Waals surface area contributed by atoms with Crippen LogP contribution in [0.3, 0.4) is 0 Å². The minimum absolute atomic E-state index is 0.0368. The van der Waals surface area contributed by atoms with Gasteiger partial charge in [0.1, 0.15) is 5.82 Å². The van der Waals surface area contributed by atoms with E-state index in [1.807, 2.05) is 0 Å². The second-order valence-electron chi connectivity index (χ2n) is 4.96. The molecule has 2 aromatic rings. The van der Waals surface area contributed by atoms with E-state index in [-0.39, 0.29) is 17.3 Å². The largest absolute Gasteiger partial charge is 0.334 e. The van der Waals surface area contributed by atoms with Crippen molar-refractivity contribution in [2.45, 2.75) is 18.4 Å². The Hall–Kier alpha value is -2.45. The van der Waals surface area contributed by atoms with E-state index < -0.39 is 16.1 Å². The first kappa shape index (κ1) is 16.9. The Morgan fingerprint density at radius 1 is 1.17 bits per heavy atom. The summed E-state index contributed by atoms with van der Waals surface area (Å²) in [6.07, 6.45) is 0. The van der Waals surface area contributed by atoms with Gasteiger partial charge >= 0.3 is 6.03 Å². The Morgan fingerprint density at radius 2 is 1.83 bits per heavy atom.